The molecule has 0 aliphatic heterocycles. The van der Waals surface area contributed by atoms with Gasteiger partial charge in [0.15, 0.2) is 0 Å². The zero-order valence-electron chi connectivity index (χ0n) is 13.2. The second-order valence-electron chi connectivity index (χ2n) is 6.17. The molecule has 20 heavy (non-hydrogen) atoms. The molecule has 0 radical (unpaired) electrons. The van der Waals surface area contributed by atoms with E-state index < -0.39 is 0 Å². The lowest BCUT2D eigenvalue weighted by Crippen LogP contribution is -2.35. The molecule has 0 aromatic heterocycles. The lowest BCUT2D eigenvalue weighted by atomic mass is 9.93. The van der Waals surface area contributed by atoms with Gasteiger partial charge >= 0.3 is 0 Å². The van der Waals surface area contributed by atoms with Crippen molar-refractivity contribution in [2.75, 3.05) is 6.54 Å². The van der Waals surface area contributed by atoms with Crippen LogP contribution in [0.4, 0.5) is 0 Å². The van der Waals surface area contributed by atoms with Crippen LogP contribution in [0.5, 0.6) is 0 Å². The summed E-state index contributed by atoms with van der Waals surface area (Å²) in [5.41, 5.74) is 4.01. The molecular weight excluding hydrogens is 246 g/mol. The second-order valence-corrected chi connectivity index (χ2v) is 6.17. The van der Waals surface area contributed by atoms with E-state index in [0.717, 1.165) is 19.2 Å². The van der Waals surface area contributed by atoms with Crippen LogP contribution in [0.25, 0.3) is 0 Å². The van der Waals surface area contributed by atoms with E-state index in [1.807, 2.05) is 0 Å². The van der Waals surface area contributed by atoms with Gasteiger partial charge in [-0.2, -0.15) is 0 Å². The van der Waals surface area contributed by atoms with Gasteiger partial charge in [-0.3, -0.25) is 0 Å². The molecule has 2 nitrogen and oxygen atoms in total. The van der Waals surface area contributed by atoms with Crippen LogP contribution >= 0.6 is 0 Å². The first kappa shape index (κ1) is 15.5. The summed E-state index contributed by atoms with van der Waals surface area (Å²) < 4.78 is 6.13. The molecule has 0 spiro atoms. The van der Waals surface area contributed by atoms with Gasteiger partial charge in [0.2, 0.25) is 0 Å². The van der Waals surface area contributed by atoms with E-state index in [9.17, 15) is 0 Å². The molecule has 2 heteroatoms. The molecule has 1 aliphatic rings. The summed E-state index contributed by atoms with van der Waals surface area (Å²) in [4.78, 5) is 0. The molecule has 1 N–H and O–H groups in total. The quantitative estimate of drug-likeness (QED) is 0.843. The third kappa shape index (κ3) is 4.60. The van der Waals surface area contributed by atoms with Gasteiger partial charge in [0, 0.05) is 6.04 Å². The van der Waals surface area contributed by atoms with Gasteiger partial charge < -0.3 is 10.1 Å². The van der Waals surface area contributed by atoms with Crippen LogP contribution in [-0.2, 0) is 11.3 Å². The highest BCUT2D eigenvalue weighted by atomic mass is 16.5. The molecule has 1 aromatic rings. The van der Waals surface area contributed by atoms with Crippen LogP contribution in [0.15, 0.2) is 18.2 Å². The molecule has 0 amide bonds. The average Bonchev–Trinajstić information content (AvgIpc) is 2.47. The Morgan fingerprint density at radius 3 is 2.60 bits per heavy atom. The lowest BCUT2D eigenvalue weighted by molar-refractivity contribution is 0.0111. The maximum absolute atomic E-state index is 6.13. The van der Waals surface area contributed by atoms with E-state index in [1.165, 1.54) is 48.8 Å². The smallest absolute Gasteiger partial charge is 0.0723 e. The lowest BCUT2D eigenvalue weighted by Gasteiger charge is -2.29. The van der Waals surface area contributed by atoms with E-state index in [2.05, 4.69) is 44.3 Å². The summed E-state index contributed by atoms with van der Waals surface area (Å²) in [6.07, 6.45) is 6.60. The van der Waals surface area contributed by atoms with Crippen molar-refractivity contribution in [3.05, 3.63) is 34.9 Å². The van der Waals surface area contributed by atoms with Crippen molar-refractivity contribution >= 4 is 0 Å². The predicted molar refractivity (Wildman–Crippen MR) is 85.0 cm³/mol. The largest absolute Gasteiger partial charge is 0.374 e. The van der Waals surface area contributed by atoms with Crippen LogP contribution in [0.3, 0.4) is 0 Å². The van der Waals surface area contributed by atoms with Crippen LogP contribution < -0.4 is 5.32 Å². The van der Waals surface area contributed by atoms with Crippen molar-refractivity contribution in [1.29, 1.82) is 0 Å². The minimum atomic E-state index is 0.453. The van der Waals surface area contributed by atoms with Crippen molar-refractivity contribution < 1.29 is 4.74 Å². The highest BCUT2D eigenvalue weighted by Gasteiger charge is 2.21. The fourth-order valence-corrected chi connectivity index (χ4v) is 2.95. The SMILES string of the molecule is CCCNC1CCC(OCc2cc(C)ccc2C)CC1. The Kier molecular flexibility index (Phi) is 6.06. The average molecular weight is 275 g/mol. The van der Waals surface area contributed by atoms with Gasteiger partial charge in [-0.1, -0.05) is 30.7 Å². The van der Waals surface area contributed by atoms with Crippen LogP contribution in [-0.4, -0.2) is 18.7 Å². The second kappa shape index (κ2) is 7.80. The van der Waals surface area contributed by atoms with Crippen LogP contribution in [0.2, 0.25) is 0 Å². The standard InChI is InChI=1S/C18H29NO/c1-4-11-19-17-7-9-18(10-8-17)20-13-16-12-14(2)5-6-15(16)3/h5-6,12,17-19H,4,7-11,13H2,1-3H3. The van der Waals surface area contributed by atoms with Crippen LogP contribution in [0.1, 0.15) is 55.7 Å². The minimum Gasteiger partial charge on any atom is -0.374 e. The highest BCUT2D eigenvalue weighted by molar-refractivity contribution is 5.29. The Labute approximate surface area is 123 Å². The monoisotopic (exact) mass is 275 g/mol. The number of nitrogens with one attached hydrogen (secondary N) is 1. The topological polar surface area (TPSA) is 21.3 Å². The molecule has 0 heterocycles. The predicted octanol–water partition coefficient (Wildman–Crippen LogP) is 4.13. The van der Waals surface area contributed by atoms with E-state index in [1.54, 1.807) is 0 Å². The molecule has 0 unspecified atom stereocenters. The molecular formula is C18H29NO. The summed E-state index contributed by atoms with van der Waals surface area (Å²) in [5, 5.41) is 3.63. The summed E-state index contributed by atoms with van der Waals surface area (Å²) in [5.74, 6) is 0. The van der Waals surface area contributed by atoms with E-state index in [0.29, 0.717) is 6.10 Å². The number of aryl methyl sites for hydroxylation is 2. The fraction of sp³-hybridized carbons (Fsp3) is 0.667. The Morgan fingerprint density at radius 1 is 1.15 bits per heavy atom. The van der Waals surface area contributed by atoms with Gasteiger partial charge in [-0.15, -0.1) is 0 Å². The van der Waals surface area contributed by atoms with Gasteiger partial charge in [0.25, 0.3) is 0 Å². The molecule has 0 saturated heterocycles. The molecule has 112 valence electrons. The first-order chi connectivity index (χ1) is 9.69. The van der Waals surface area contributed by atoms with Crippen LogP contribution in [0, 0.1) is 13.8 Å². The highest BCUT2D eigenvalue weighted by Crippen LogP contribution is 2.23. The van der Waals surface area contributed by atoms with E-state index in [4.69, 9.17) is 4.74 Å². The Morgan fingerprint density at radius 2 is 1.90 bits per heavy atom. The molecule has 1 fully saturated rings. The first-order valence-corrected chi connectivity index (χ1v) is 8.10. The number of hydrogen-bond acceptors (Lipinski definition) is 2. The molecule has 1 saturated carbocycles. The van der Waals surface area contributed by atoms with Crippen molar-refractivity contribution in [1.82, 2.24) is 5.32 Å². The molecule has 2 rings (SSSR count). The summed E-state index contributed by atoms with van der Waals surface area (Å²) >= 11 is 0. The Balaban J connectivity index is 1.74. The molecule has 0 bridgehead atoms. The van der Waals surface area contributed by atoms with Gasteiger partial charge in [0.1, 0.15) is 0 Å². The molecule has 1 aliphatic carbocycles. The third-order valence-corrected chi connectivity index (χ3v) is 4.34. The Hall–Kier alpha value is -0.860. The number of benzene rings is 1. The number of ether oxygens (including phenoxy) is 1. The number of rotatable bonds is 6. The summed E-state index contributed by atoms with van der Waals surface area (Å²) in [7, 11) is 0. The first-order valence-electron chi connectivity index (χ1n) is 8.10. The van der Waals surface area contributed by atoms with Crippen molar-refractivity contribution in [3.8, 4) is 0 Å². The third-order valence-electron chi connectivity index (χ3n) is 4.34. The molecule has 0 atom stereocenters. The van der Waals surface area contributed by atoms with Crippen molar-refractivity contribution in [2.45, 2.75) is 71.6 Å². The van der Waals surface area contributed by atoms with Gasteiger partial charge in [-0.25, -0.2) is 0 Å². The molecule has 1 aromatic carbocycles. The number of hydrogen-bond donors (Lipinski definition) is 1. The maximum Gasteiger partial charge on any atom is 0.0723 e. The fourth-order valence-electron chi connectivity index (χ4n) is 2.95. The van der Waals surface area contributed by atoms with Gasteiger partial charge in [-0.05, 0) is 63.6 Å². The zero-order chi connectivity index (χ0) is 14.4. The maximum atomic E-state index is 6.13. The van der Waals surface area contributed by atoms with E-state index in [-0.39, 0.29) is 0 Å². The summed E-state index contributed by atoms with van der Waals surface area (Å²) in [6, 6.07) is 7.34. The summed E-state index contributed by atoms with van der Waals surface area (Å²) in [6.45, 7) is 8.47. The normalized spacial score (nSPS) is 22.9. The Bertz CT molecular complexity index is 408. The minimum absolute atomic E-state index is 0.453. The van der Waals surface area contributed by atoms with Crippen molar-refractivity contribution in [3.63, 3.8) is 0 Å². The van der Waals surface area contributed by atoms with Crippen molar-refractivity contribution in [2.24, 2.45) is 0 Å². The van der Waals surface area contributed by atoms with Gasteiger partial charge in [0.05, 0.1) is 12.7 Å². The zero-order valence-corrected chi connectivity index (χ0v) is 13.2. The van der Waals surface area contributed by atoms with E-state index >= 15 is 0 Å².